The summed E-state index contributed by atoms with van der Waals surface area (Å²) in [5.41, 5.74) is -0.632. The Morgan fingerprint density at radius 2 is 1.84 bits per heavy atom. The Morgan fingerprint density at radius 3 is 2.56 bits per heavy atom. The molecule has 3 rings (SSSR count). The van der Waals surface area contributed by atoms with E-state index in [2.05, 4.69) is 10.2 Å². The zero-order chi connectivity index (χ0) is 18.2. The molecular formula is C16H9Cl2F4N3. The molecule has 3 nitrogen and oxygen atoms in total. The predicted molar refractivity (Wildman–Crippen MR) is 86.0 cm³/mol. The van der Waals surface area contributed by atoms with E-state index >= 15 is 0 Å². The van der Waals surface area contributed by atoms with Gasteiger partial charge >= 0.3 is 6.18 Å². The molecule has 0 N–H and O–H groups in total. The second kappa shape index (κ2) is 6.65. The van der Waals surface area contributed by atoms with Gasteiger partial charge in [-0.05, 0) is 30.3 Å². The molecule has 9 heteroatoms. The van der Waals surface area contributed by atoms with E-state index in [1.54, 1.807) is 18.2 Å². The zero-order valence-corrected chi connectivity index (χ0v) is 13.9. The van der Waals surface area contributed by atoms with Crippen molar-refractivity contribution in [1.82, 2.24) is 14.8 Å². The SMILES string of the molecule is Fc1ccc(C(F)(F)F)cc1Cn1cnnc1-c1cccc(Cl)c1Cl. The minimum absolute atomic E-state index is 0.144. The highest BCUT2D eigenvalue weighted by Gasteiger charge is 2.31. The van der Waals surface area contributed by atoms with Crippen LogP contribution in [-0.4, -0.2) is 14.8 Å². The molecule has 130 valence electrons. The molecule has 0 aliphatic heterocycles. The third kappa shape index (κ3) is 3.62. The molecule has 0 aliphatic rings. The van der Waals surface area contributed by atoms with E-state index < -0.39 is 17.6 Å². The standard InChI is InChI=1S/C16H9Cl2F4N3/c17-12-3-1-2-11(14(12)18)15-24-23-8-25(15)7-9-6-10(16(20,21)22)4-5-13(9)19/h1-6,8H,7H2. The van der Waals surface area contributed by atoms with Gasteiger partial charge in [0.05, 0.1) is 22.2 Å². The molecule has 0 spiro atoms. The van der Waals surface area contributed by atoms with E-state index in [-0.39, 0.29) is 23.0 Å². The van der Waals surface area contributed by atoms with Crippen LogP contribution >= 0.6 is 23.2 Å². The summed E-state index contributed by atoms with van der Waals surface area (Å²) in [5.74, 6) is -0.492. The smallest absolute Gasteiger partial charge is 0.309 e. The van der Waals surface area contributed by atoms with Crippen molar-refractivity contribution in [3.8, 4) is 11.4 Å². The summed E-state index contributed by atoms with van der Waals surface area (Å²) in [6.07, 6.45) is -3.28. The highest BCUT2D eigenvalue weighted by Crippen LogP contribution is 2.33. The fourth-order valence-corrected chi connectivity index (χ4v) is 2.70. The molecule has 0 unspecified atom stereocenters. The summed E-state index contributed by atoms with van der Waals surface area (Å²) in [6.45, 7) is -0.194. The average Bonchev–Trinajstić information content (AvgIpc) is 2.99. The van der Waals surface area contributed by atoms with Gasteiger partial charge in [0.25, 0.3) is 0 Å². The Kier molecular flexibility index (Phi) is 4.71. The summed E-state index contributed by atoms with van der Waals surface area (Å²) in [5, 5.41) is 8.16. The molecule has 0 atom stereocenters. The number of alkyl halides is 3. The normalized spacial score (nSPS) is 11.8. The molecule has 0 radical (unpaired) electrons. The van der Waals surface area contributed by atoms with Gasteiger partial charge in [0.1, 0.15) is 12.1 Å². The van der Waals surface area contributed by atoms with Crippen LogP contribution in [-0.2, 0) is 12.7 Å². The maximum absolute atomic E-state index is 14.0. The van der Waals surface area contributed by atoms with Crippen LogP contribution in [0.25, 0.3) is 11.4 Å². The Balaban J connectivity index is 2.01. The number of aromatic nitrogens is 3. The molecule has 1 aromatic heterocycles. The number of benzene rings is 2. The fraction of sp³-hybridized carbons (Fsp3) is 0.125. The lowest BCUT2D eigenvalue weighted by atomic mass is 10.1. The van der Waals surface area contributed by atoms with Gasteiger partial charge < -0.3 is 4.57 Å². The predicted octanol–water partition coefficient (Wildman–Crippen LogP) is 5.46. The molecule has 3 aromatic rings. The van der Waals surface area contributed by atoms with Crippen molar-refractivity contribution >= 4 is 23.2 Å². The second-order valence-corrected chi connectivity index (χ2v) is 5.97. The lowest BCUT2D eigenvalue weighted by molar-refractivity contribution is -0.137. The maximum atomic E-state index is 14.0. The van der Waals surface area contributed by atoms with E-state index in [4.69, 9.17) is 23.2 Å². The Hall–Kier alpha value is -2.12. The summed E-state index contributed by atoms with van der Waals surface area (Å²) in [4.78, 5) is 0. The molecular weight excluding hydrogens is 381 g/mol. The van der Waals surface area contributed by atoms with Crippen LogP contribution in [0.1, 0.15) is 11.1 Å². The molecule has 0 fully saturated rings. The van der Waals surface area contributed by atoms with E-state index in [0.717, 1.165) is 12.1 Å². The quantitative estimate of drug-likeness (QED) is 0.557. The van der Waals surface area contributed by atoms with Gasteiger partial charge in [-0.2, -0.15) is 13.2 Å². The molecule has 0 bridgehead atoms. The van der Waals surface area contributed by atoms with Crippen LogP contribution in [0.2, 0.25) is 10.0 Å². The topological polar surface area (TPSA) is 30.7 Å². The lowest BCUT2D eigenvalue weighted by Crippen LogP contribution is -2.09. The van der Waals surface area contributed by atoms with Crippen LogP contribution in [0.5, 0.6) is 0 Å². The van der Waals surface area contributed by atoms with Gasteiger partial charge in [-0.15, -0.1) is 10.2 Å². The number of rotatable bonds is 3. The van der Waals surface area contributed by atoms with Gasteiger partial charge in [-0.25, -0.2) is 4.39 Å². The zero-order valence-electron chi connectivity index (χ0n) is 12.4. The van der Waals surface area contributed by atoms with E-state index in [1.165, 1.54) is 10.9 Å². The Labute approximate surface area is 149 Å². The van der Waals surface area contributed by atoms with E-state index in [0.29, 0.717) is 16.7 Å². The molecule has 1 heterocycles. The van der Waals surface area contributed by atoms with Crippen molar-refractivity contribution in [3.05, 3.63) is 69.7 Å². The van der Waals surface area contributed by atoms with Crippen LogP contribution in [0.3, 0.4) is 0 Å². The molecule has 0 aliphatic carbocycles. The summed E-state index contributed by atoms with van der Waals surface area (Å²) in [6, 6.07) is 7.11. The van der Waals surface area contributed by atoms with Crippen LogP contribution in [0.15, 0.2) is 42.7 Å². The van der Waals surface area contributed by atoms with Gasteiger partial charge in [-0.1, -0.05) is 29.3 Å². The van der Waals surface area contributed by atoms with Crippen LogP contribution < -0.4 is 0 Å². The largest absolute Gasteiger partial charge is 0.416 e. The van der Waals surface area contributed by atoms with Crippen molar-refractivity contribution in [3.63, 3.8) is 0 Å². The van der Waals surface area contributed by atoms with E-state index in [9.17, 15) is 17.6 Å². The Morgan fingerprint density at radius 1 is 1.08 bits per heavy atom. The monoisotopic (exact) mass is 389 g/mol. The molecule has 2 aromatic carbocycles. The van der Waals surface area contributed by atoms with Gasteiger partial charge in [0, 0.05) is 11.1 Å². The third-order valence-corrected chi connectivity index (χ3v) is 4.34. The number of halogens is 6. The first-order chi connectivity index (χ1) is 11.8. The van der Waals surface area contributed by atoms with Gasteiger partial charge in [-0.3, -0.25) is 0 Å². The van der Waals surface area contributed by atoms with Crippen molar-refractivity contribution < 1.29 is 17.6 Å². The van der Waals surface area contributed by atoms with Gasteiger partial charge in [0.15, 0.2) is 5.82 Å². The first kappa shape index (κ1) is 17.7. The Bertz CT molecular complexity index is 922. The van der Waals surface area contributed by atoms with Crippen molar-refractivity contribution in [2.24, 2.45) is 0 Å². The summed E-state index contributed by atoms with van der Waals surface area (Å²) in [7, 11) is 0. The minimum Gasteiger partial charge on any atom is -0.309 e. The fourth-order valence-electron chi connectivity index (χ4n) is 2.31. The van der Waals surface area contributed by atoms with E-state index in [1.807, 2.05) is 0 Å². The van der Waals surface area contributed by atoms with Crippen molar-refractivity contribution in [2.45, 2.75) is 12.7 Å². The molecule has 25 heavy (non-hydrogen) atoms. The first-order valence-corrected chi connectivity index (χ1v) is 7.71. The highest BCUT2D eigenvalue weighted by atomic mass is 35.5. The highest BCUT2D eigenvalue weighted by molar-refractivity contribution is 6.43. The van der Waals surface area contributed by atoms with Crippen LogP contribution in [0.4, 0.5) is 17.6 Å². The first-order valence-electron chi connectivity index (χ1n) is 6.95. The van der Waals surface area contributed by atoms with Crippen molar-refractivity contribution in [1.29, 1.82) is 0 Å². The number of hydrogen-bond donors (Lipinski definition) is 0. The maximum Gasteiger partial charge on any atom is 0.416 e. The number of hydrogen-bond acceptors (Lipinski definition) is 2. The molecule has 0 amide bonds. The van der Waals surface area contributed by atoms with Crippen LogP contribution in [0, 0.1) is 5.82 Å². The van der Waals surface area contributed by atoms with Crippen molar-refractivity contribution in [2.75, 3.05) is 0 Å². The lowest BCUT2D eigenvalue weighted by Gasteiger charge is -2.12. The summed E-state index contributed by atoms with van der Waals surface area (Å²) >= 11 is 12.1. The van der Waals surface area contributed by atoms with Gasteiger partial charge in [0.2, 0.25) is 0 Å². The summed E-state index contributed by atoms with van der Waals surface area (Å²) < 4.78 is 53.9. The molecule has 0 saturated carbocycles. The minimum atomic E-state index is -4.56. The molecule has 0 saturated heterocycles. The second-order valence-electron chi connectivity index (χ2n) is 5.19. The number of nitrogens with zero attached hydrogens (tertiary/aromatic N) is 3. The third-order valence-electron chi connectivity index (χ3n) is 3.52. The average molecular weight is 390 g/mol.